The largest absolute Gasteiger partial charge is 0.497 e. The van der Waals surface area contributed by atoms with Gasteiger partial charge in [-0.2, -0.15) is 0 Å². The molecule has 0 radical (unpaired) electrons. The summed E-state index contributed by atoms with van der Waals surface area (Å²) in [5, 5.41) is 23.3. The highest BCUT2D eigenvalue weighted by atomic mass is 16.5. The third kappa shape index (κ3) is 2.86. The van der Waals surface area contributed by atoms with E-state index in [1.807, 2.05) is 40.7 Å². The van der Waals surface area contributed by atoms with Crippen molar-refractivity contribution in [2.45, 2.75) is 83.6 Å². The summed E-state index contributed by atoms with van der Waals surface area (Å²) >= 11 is 0. The summed E-state index contributed by atoms with van der Waals surface area (Å²) in [4.78, 5) is 4.73. The fraction of sp³-hybridized carbons (Fsp3) is 0.692. The number of benzene rings is 1. The maximum atomic E-state index is 11.8. The van der Waals surface area contributed by atoms with E-state index in [1.165, 1.54) is 5.56 Å². The van der Waals surface area contributed by atoms with Crippen molar-refractivity contribution in [1.82, 2.24) is 4.90 Å². The molecule has 1 aromatic carbocycles. The normalized spacial score (nSPS) is 39.4. The number of aliphatic hydroxyl groups is 2. The van der Waals surface area contributed by atoms with E-state index >= 15 is 0 Å². The predicted molar refractivity (Wildman–Crippen MR) is 128 cm³/mol. The number of nitrogens with zero attached hydrogens (tertiary/aromatic N) is 2. The number of methoxy groups -OCH3 is 1. The van der Waals surface area contributed by atoms with E-state index in [9.17, 15) is 10.2 Å². The molecule has 4 unspecified atom stereocenters. The lowest BCUT2D eigenvalue weighted by Crippen LogP contribution is -2.77. The quantitative estimate of drug-likeness (QED) is 0.696. The highest BCUT2D eigenvalue weighted by Crippen LogP contribution is 2.66. The summed E-state index contributed by atoms with van der Waals surface area (Å²) in [6, 6.07) is 6.35. The van der Waals surface area contributed by atoms with Crippen molar-refractivity contribution >= 4 is 5.69 Å². The molecule has 0 amide bonds. The maximum absolute atomic E-state index is 11.8. The third-order valence-electron chi connectivity index (χ3n) is 8.13. The molecule has 1 saturated carbocycles. The summed E-state index contributed by atoms with van der Waals surface area (Å²) < 4.78 is 5.48. The van der Waals surface area contributed by atoms with E-state index in [4.69, 9.17) is 4.74 Å². The number of anilines is 1. The highest BCUT2D eigenvalue weighted by molar-refractivity contribution is 5.70. The average Bonchev–Trinajstić information content (AvgIpc) is 3.32. The van der Waals surface area contributed by atoms with Crippen molar-refractivity contribution in [3.8, 4) is 5.75 Å². The Morgan fingerprint density at radius 2 is 1.84 bits per heavy atom. The zero-order valence-electron chi connectivity index (χ0n) is 20.6. The van der Waals surface area contributed by atoms with E-state index in [0.717, 1.165) is 37.4 Å². The second-order valence-electron chi connectivity index (χ2n) is 9.08. The Hall–Kier alpha value is -1.56. The Kier molecular flexibility index (Phi) is 6.54. The zero-order valence-corrected chi connectivity index (χ0v) is 20.6. The Balaban J connectivity index is 0.000000645. The van der Waals surface area contributed by atoms with Crippen LogP contribution in [0.1, 0.15) is 59.9 Å². The molecule has 6 atom stereocenters. The number of aliphatic hydroxyl groups excluding tert-OH is 1. The minimum absolute atomic E-state index is 0.164. The molecule has 1 aromatic rings. The van der Waals surface area contributed by atoms with E-state index in [1.54, 1.807) is 7.11 Å². The predicted octanol–water partition coefficient (Wildman–Crippen LogP) is 3.97. The first-order valence-corrected chi connectivity index (χ1v) is 12.1. The zero-order chi connectivity index (χ0) is 23.2. The van der Waals surface area contributed by atoms with Crippen LogP contribution >= 0.6 is 0 Å². The molecule has 0 bridgehead atoms. The number of rotatable bonds is 2. The summed E-state index contributed by atoms with van der Waals surface area (Å²) in [7, 11) is 3.74. The smallest absolute Gasteiger partial charge is 0.120 e. The van der Waals surface area contributed by atoms with E-state index < -0.39 is 17.1 Å². The SMILES string of the molecule is CC.CC.CC[C@]12C=CCN3CCC4(c5ccc(OC)cc5N(C)C4[C@](C)(O)C1O)C32. The monoisotopic (exact) mass is 430 g/mol. The first-order chi connectivity index (χ1) is 14.8. The van der Waals surface area contributed by atoms with E-state index in [-0.39, 0.29) is 17.5 Å². The lowest BCUT2D eigenvalue weighted by molar-refractivity contribution is -0.190. The van der Waals surface area contributed by atoms with Crippen molar-refractivity contribution in [2.24, 2.45) is 5.41 Å². The lowest BCUT2D eigenvalue weighted by atomic mass is 9.48. The molecule has 2 N–H and O–H groups in total. The van der Waals surface area contributed by atoms with Crippen molar-refractivity contribution in [3.05, 3.63) is 35.9 Å². The number of hydrogen-bond donors (Lipinski definition) is 2. The molecule has 31 heavy (non-hydrogen) atoms. The van der Waals surface area contributed by atoms with Gasteiger partial charge in [-0.05, 0) is 37.9 Å². The first-order valence-electron chi connectivity index (χ1n) is 12.1. The summed E-state index contributed by atoms with van der Waals surface area (Å²) in [6.07, 6.45) is 5.39. The summed E-state index contributed by atoms with van der Waals surface area (Å²) in [6.45, 7) is 13.9. The van der Waals surface area contributed by atoms with Crippen LogP contribution in [0.3, 0.4) is 0 Å². The molecule has 174 valence electrons. The Bertz CT molecular complexity index is 823. The van der Waals surface area contributed by atoms with E-state index in [2.05, 4.69) is 48.1 Å². The fourth-order valence-corrected chi connectivity index (χ4v) is 7.31. The molecule has 5 nitrogen and oxygen atoms in total. The summed E-state index contributed by atoms with van der Waals surface area (Å²) in [5.41, 5.74) is 0.570. The van der Waals surface area contributed by atoms with Gasteiger partial charge < -0.3 is 19.8 Å². The highest BCUT2D eigenvalue weighted by Gasteiger charge is 2.75. The second-order valence-corrected chi connectivity index (χ2v) is 9.08. The van der Waals surface area contributed by atoms with Crippen LogP contribution in [0.25, 0.3) is 0 Å². The van der Waals surface area contributed by atoms with Gasteiger partial charge in [0, 0.05) is 42.2 Å². The number of hydrogen-bond acceptors (Lipinski definition) is 5. The minimum Gasteiger partial charge on any atom is -0.497 e. The topological polar surface area (TPSA) is 56.2 Å². The van der Waals surface area contributed by atoms with Gasteiger partial charge in [0.15, 0.2) is 0 Å². The molecule has 1 saturated heterocycles. The number of ether oxygens (including phenoxy) is 1. The van der Waals surface area contributed by atoms with Gasteiger partial charge in [0.1, 0.15) is 11.4 Å². The number of fused-ring (bicyclic) bond motifs is 1. The average molecular weight is 431 g/mol. The van der Waals surface area contributed by atoms with Crippen LogP contribution in [0.15, 0.2) is 30.4 Å². The van der Waals surface area contributed by atoms with Gasteiger partial charge >= 0.3 is 0 Å². The number of likely N-dealkylation sites (N-methyl/N-ethyl adjacent to an activating group) is 1. The van der Waals surface area contributed by atoms with Crippen molar-refractivity contribution < 1.29 is 14.9 Å². The van der Waals surface area contributed by atoms with Gasteiger partial charge in [-0.1, -0.05) is 52.8 Å². The molecule has 3 heterocycles. The molecule has 2 fully saturated rings. The van der Waals surface area contributed by atoms with Crippen LogP contribution in [0.2, 0.25) is 0 Å². The lowest BCUT2D eigenvalue weighted by Gasteiger charge is -2.63. The van der Waals surface area contributed by atoms with Gasteiger partial charge in [0.2, 0.25) is 0 Å². The molecule has 0 aromatic heterocycles. The molecule has 1 spiro atoms. The second kappa shape index (κ2) is 8.42. The standard InChI is InChI=1S/C22H30N2O3.2C2H6/c1-5-21-9-6-11-24-12-10-22(18(21)24)15-8-7-14(27-4)13-16(15)23(3)17(22)20(2,26)19(21)25;2*1-2/h6-9,13,17-19,25-26H,5,10-12H2,1-4H3;2*1-2H3/t17?,18?,19?,20-,21+,22?;;/m0../s1. The van der Waals surface area contributed by atoms with Gasteiger partial charge in [0.25, 0.3) is 0 Å². The first kappa shape index (κ1) is 24.1. The van der Waals surface area contributed by atoms with E-state index in [0.29, 0.717) is 0 Å². The molecule has 3 aliphatic heterocycles. The van der Waals surface area contributed by atoms with Gasteiger partial charge in [0.05, 0.1) is 19.3 Å². The van der Waals surface area contributed by atoms with Crippen LogP contribution in [0, 0.1) is 5.41 Å². The van der Waals surface area contributed by atoms with Crippen molar-refractivity contribution in [3.63, 3.8) is 0 Å². The minimum atomic E-state index is -1.22. The maximum Gasteiger partial charge on any atom is 0.120 e. The van der Waals surface area contributed by atoms with Crippen LogP contribution in [0.4, 0.5) is 5.69 Å². The fourth-order valence-electron chi connectivity index (χ4n) is 7.31. The van der Waals surface area contributed by atoms with Crippen LogP contribution in [-0.2, 0) is 5.41 Å². The molecule has 1 aliphatic carbocycles. The van der Waals surface area contributed by atoms with Gasteiger partial charge in [-0.15, -0.1) is 0 Å². The van der Waals surface area contributed by atoms with Crippen LogP contribution in [-0.4, -0.2) is 66.1 Å². The Morgan fingerprint density at radius 3 is 2.45 bits per heavy atom. The Labute approximate surface area is 188 Å². The molecule has 4 aliphatic rings. The molecular weight excluding hydrogens is 388 g/mol. The van der Waals surface area contributed by atoms with Crippen LogP contribution in [0.5, 0.6) is 5.75 Å². The van der Waals surface area contributed by atoms with Gasteiger partial charge in [-0.3, -0.25) is 4.90 Å². The van der Waals surface area contributed by atoms with Crippen molar-refractivity contribution in [2.75, 3.05) is 32.1 Å². The molecule has 5 rings (SSSR count). The van der Waals surface area contributed by atoms with Gasteiger partial charge in [-0.25, -0.2) is 0 Å². The van der Waals surface area contributed by atoms with Crippen molar-refractivity contribution in [1.29, 1.82) is 0 Å². The third-order valence-corrected chi connectivity index (χ3v) is 8.13. The van der Waals surface area contributed by atoms with Crippen LogP contribution < -0.4 is 9.64 Å². The Morgan fingerprint density at radius 1 is 1.16 bits per heavy atom. The molecular formula is C26H42N2O3. The summed E-state index contributed by atoms with van der Waals surface area (Å²) in [5.74, 6) is 0.830. The molecule has 5 heteroatoms.